The molecule has 0 bridgehead atoms. The minimum absolute atomic E-state index is 0.113. The third-order valence-electron chi connectivity index (χ3n) is 6.11. The molecular formula is C26H22ClN3O3S. The molecule has 0 spiro atoms. The van der Waals surface area contributed by atoms with Crippen LogP contribution in [0.4, 0.5) is 0 Å². The molecule has 4 aromatic rings. The Morgan fingerprint density at radius 2 is 1.59 bits per heavy atom. The maximum absolute atomic E-state index is 13.1. The summed E-state index contributed by atoms with van der Waals surface area (Å²) in [5.74, 6) is -0.448. The lowest BCUT2D eigenvalue weighted by molar-refractivity contribution is -0.124. The molecule has 1 N–H and O–H groups in total. The van der Waals surface area contributed by atoms with Crippen LogP contribution < -0.4 is 5.43 Å². The van der Waals surface area contributed by atoms with Crippen molar-refractivity contribution in [1.29, 1.82) is 0 Å². The second kappa shape index (κ2) is 9.18. The smallest absolute Gasteiger partial charge is 0.258 e. The number of benzene rings is 4. The van der Waals surface area contributed by atoms with E-state index in [1.807, 2.05) is 48.5 Å². The molecule has 1 aliphatic heterocycles. The molecule has 6 nitrogen and oxygen atoms in total. The first-order valence-corrected chi connectivity index (χ1v) is 12.8. The Kier molecular flexibility index (Phi) is 6.08. The van der Waals surface area contributed by atoms with E-state index < -0.39 is 22.0 Å². The fraction of sp³-hybridized carbons (Fsp3) is 0.154. The number of hydrazone groups is 1. The molecular weight excluding hydrogens is 470 g/mol. The first-order valence-electron chi connectivity index (χ1n) is 11.0. The monoisotopic (exact) mass is 491 g/mol. The number of amides is 1. The van der Waals surface area contributed by atoms with E-state index >= 15 is 0 Å². The number of rotatable bonds is 5. The molecule has 4 aromatic carbocycles. The molecule has 1 heterocycles. The third-order valence-corrected chi connectivity index (χ3v) is 8.28. The molecule has 0 saturated carbocycles. The zero-order valence-electron chi connectivity index (χ0n) is 18.2. The van der Waals surface area contributed by atoms with Gasteiger partial charge in [-0.25, -0.2) is 13.8 Å². The summed E-state index contributed by atoms with van der Waals surface area (Å²) in [6.45, 7) is 0.278. The van der Waals surface area contributed by atoms with Gasteiger partial charge in [0.25, 0.3) is 5.91 Å². The van der Waals surface area contributed by atoms with Gasteiger partial charge in [0.1, 0.15) is 6.04 Å². The number of halogens is 1. The molecule has 0 unspecified atom stereocenters. The second-order valence-corrected chi connectivity index (χ2v) is 10.5. The minimum Gasteiger partial charge on any atom is -0.271 e. The van der Waals surface area contributed by atoms with E-state index in [0.29, 0.717) is 17.9 Å². The van der Waals surface area contributed by atoms with Crippen LogP contribution in [0.3, 0.4) is 0 Å². The van der Waals surface area contributed by atoms with E-state index in [2.05, 4.69) is 16.6 Å². The van der Waals surface area contributed by atoms with Crippen molar-refractivity contribution in [2.75, 3.05) is 6.54 Å². The predicted octanol–water partition coefficient (Wildman–Crippen LogP) is 4.95. The largest absolute Gasteiger partial charge is 0.271 e. The Morgan fingerprint density at radius 3 is 2.24 bits per heavy atom. The van der Waals surface area contributed by atoms with Crippen molar-refractivity contribution >= 4 is 55.3 Å². The molecule has 1 amide bonds. The van der Waals surface area contributed by atoms with Gasteiger partial charge in [0, 0.05) is 17.1 Å². The first-order chi connectivity index (χ1) is 16.4. The Labute approximate surface area is 202 Å². The van der Waals surface area contributed by atoms with E-state index in [-0.39, 0.29) is 11.4 Å². The molecule has 0 aliphatic carbocycles. The number of sulfonamides is 1. The summed E-state index contributed by atoms with van der Waals surface area (Å²) >= 11 is 5.89. The Bertz CT molecular complexity index is 1460. The van der Waals surface area contributed by atoms with Crippen LogP contribution in [0.25, 0.3) is 21.5 Å². The summed E-state index contributed by atoms with van der Waals surface area (Å²) in [5, 5.41) is 8.86. The zero-order chi connectivity index (χ0) is 23.7. The van der Waals surface area contributed by atoms with Crippen LogP contribution in [0.5, 0.6) is 0 Å². The summed E-state index contributed by atoms with van der Waals surface area (Å²) in [6.07, 6.45) is 2.67. The number of nitrogens with one attached hydrogen (secondary N) is 1. The lowest BCUT2D eigenvalue weighted by Gasteiger charge is -2.22. The number of hydrogen-bond donors (Lipinski definition) is 1. The van der Waals surface area contributed by atoms with Gasteiger partial charge in [-0.3, -0.25) is 4.79 Å². The maximum atomic E-state index is 13.1. The first kappa shape index (κ1) is 22.5. The lowest BCUT2D eigenvalue weighted by atomic mass is 9.97. The summed E-state index contributed by atoms with van der Waals surface area (Å²) in [7, 11) is -3.82. The van der Waals surface area contributed by atoms with Crippen LogP contribution in [0.2, 0.25) is 5.02 Å². The number of nitrogens with zero attached hydrogens (tertiary/aromatic N) is 2. The summed E-state index contributed by atoms with van der Waals surface area (Å²) < 4.78 is 27.5. The summed E-state index contributed by atoms with van der Waals surface area (Å²) in [4.78, 5) is 13.1. The highest BCUT2D eigenvalue weighted by Gasteiger charge is 2.39. The molecule has 1 saturated heterocycles. The predicted molar refractivity (Wildman–Crippen MR) is 136 cm³/mol. The highest BCUT2D eigenvalue weighted by Crippen LogP contribution is 2.28. The van der Waals surface area contributed by atoms with Gasteiger partial charge in [-0.05, 0) is 64.7 Å². The van der Waals surface area contributed by atoms with Crippen molar-refractivity contribution in [2.45, 2.75) is 23.8 Å². The van der Waals surface area contributed by atoms with Gasteiger partial charge < -0.3 is 0 Å². The average molecular weight is 492 g/mol. The fourth-order valence-electron chi connectivity index (χ4n) is 4.45. The van der Waals surface area contributed by atoms with Gasteiger partial charge in [-0.1, -0.05) is 60.1 Å². The van der Waals surface area contributed by atoms with Gasteiger partial charge in [-0.2, -0.15) is 9.41 Å². The van der Waals surface area contributed by atoms with E-state index in [4.69, 9.17) is 11.6 Å². The Morgan fingerprint density at radius 1 is 0.971 bits per heavy atom. The van der Waals surface area contributed by atoms with Gasteiger partial charge in [0.15, 0.2) is 0 Å². The number of hydrogen-bond acceptors (Lipinski definition) is 4. The molecule has 0 aromatic heterocycles. The van der Waals surface area contributed by atoms with E-state index in [0.717, 1.165) is 27.1 Å². The highest BCUT2D eigenvalue weighted by atomic mass is 35.5. The van der Waals surface area contributed by atoms with Gasteiger partial charge in [0.2, 0.25) is 10.0 Å². The number of carbonyl (C=O) groups is 1. The second-order valence-electron chi connectivity index (χ2n) is 8.19. The third kappa shape index (κ3) is 4.18. The molecule has 0 radical (unpaired) electrons. The van der Waals surface area contributed by atoms with E-state index in [1.54, 1.807) is 6.21 Å². The SMILES string of the molecule is O=C(N/N=C\c1c2ccccc2cc2ccccc12)[C@@H]1CCCN1S(=O)(=O)c1ccc(Cl)cc1. The van der Waals surface area contributed by atoms with Crippen molar-refractivity contribution in [1.82, 2.24) is 9.73 Å². The molecule has 5 rings (SSSR count). The van der Waals surface area contributed by atoms with Crippen molar-refractivity contribution in [3.63, 3.8) is 0 Å². The van der Waals surface area contributed by atoms with Crippen molar-refractivity contribution in [3.8, 4) is 0 Å². The molecule has 1 atom stereocenters. The van der Waals surface area contributed by atoms with Gasteiger partial charge >= 0.3 is 0 Å². The van der Waals surface area contributed by atoms with Crippen molar-refractivity contribution in [2.24, 2.45) is 5.10 Å². The normalized spacial score (nSPS) is 17.0. The molecule has 1 fully saturated rings. The van der Waals surface area contributed by atoms with Crippen LogP contribution in [0.15, 0.2) is 88.9 Å². The van der Waals surface area contributed by atoms with Crippen molar-refractivity contribution in [3.05, 3.63) is 89.4 Å². The van der Waals surface area contributed by atoms with Gasteiger partial charge in [-0.15, -0.1) is 0 Å². The Hall–Kier alpha value is -3.26. The Balaban J connectivity index is 1.40. The standard InChI is InChI=1S/C26H22ClN3O3S/c27-20-11-13-21(14-12-20)34(32,33)30-15-5-10-25(30)26(31)29-28-17-24-22-8-3-1-6-18(22)16-19-7-2-4-9-23(19)24/h1-4,6-9,11-14,16-17,25H,5,10,15H2,(H,29,31)/b28-17-/t25-/m0/s1. The van der Waals surface area contributed by atoms with Crippen LogP contribution in [0, 0.1) is 0 Å². The highest BCUT2D eigenvalue weighted by molar-refractivity contribution is 7.89. The quantitative estimate of drug-likeness (QED) is 0.244. The summed E-state index contributed by atoms with van der Waals surface area (Å²) in [5.41, 5.74) is 3.46. The number of carbonyl (C=O) groups excluding carboxylic acids is 1. The lowest BCUT2D eigenvalue weighted by Crippen LogP contribution is -2.44. The summed E-state index contributed by atoms with van der Waals surface area (Å²) in [6, 6.07) is 23.3. The van der Waals surface area contributed by atoms with Crippen LogP contribution in [-0.2, 0) is 14.8 Å². The van der Waals surface area contributed by atoms with Gasteiger partial charge in [0.05, 0.1) is 11.1 Å². The van der Waals surface area contributed by atoms with Crippen LogP contribution >= 0.6 is 11.6 Å². The topological polar surface area (TPSA) is 78.8 Å². The van der Waals surface area contributed by atoms with Crippen molar-refractivity contribution < 1.29 is 13.2 Å². The molecule has 172 valence electrons. The molecule has 1 aliphatic rings. The minimum atomic E-state index is -3.82. The average Bonchev–Trinajstić information content (AvgIpc) is 3.35. The van der Waals surface area contributed by atoms with E-state index in [1.165, 1.54) is 28.6 Å². The van der Waals surface area contributed by atoms with Crippen LogP contribution in [-0.4, -0.2) is 37.4 Å². The van der Waals surface area contributed by atoms with Crippen LogP contribution in [0.1, 0.15) is 18.4 Å². The number of fused-ring (bicyclic) bond motifs is 2. The zero-order valence-corrected chi connectivity index (χ0v) is 19.8. The molecule has 34 heavy (non-hydrogen) atoms. The molecule has 8 heteroatoms. The van der Waals surface area contributed by atoms with E-state index in [9.17, 15) is 13.2 Å². The maximum Gasteiger partial charge on any atom is 0.258 e. The fourth-order valence-corrected chi connectivity index (χ4v) is 6.24.